The predicted molar refractivity (Wildman–Crippen MR) is 108 cm³/mol. The highest BCUT2D eigenvalue weighted by Crippen LogP contribution is 2.43. The molecule has 2 fully saturated rings. The molecule has 0 unspecified atom stereocenters. The molecule has 4 rings (SSSR count). The van der Waals surface area contributed by atoms with E-state index < -0.39 is 0 Å². The number of hydrogen-bond acceptors (Lipinski definition) is 5. The monoisotopic (exact) mass is 401 g/mol. The van der Waals surface area contributed by atoms with Crippen molar-refractivity contribution in [3.05, 3.63) is 29.7 Å². The number of likely N-dealkylation sites (tertiary alicyclic amines) is 1. The SMILES string of the molecule is CC(C)C[C@@H]1C[C@H]1C(=O)NC1CCN(C(=O)c2csc(-c3ccoc3)n2)CC1. The minimum atomic E-state index is -0.0324. The lowest BCUT2D eigenvalue weighted by Gasteiger charge is -2.32. The molecule has 2 aliphatic rings. The fourth-order valence-corrected chi connectivity index (χ4v) is 4.80. The number of nitrogens with one attached hydrogen (secondary N) is 1. The van der Waals surface area contributed by atoms with Crippen LogP contribution in [-0.4, -0.2) is 40.8 Å². The Hall–Kier alpha value is -2.15. The second kappa shape index (κ2) is 8.07. The second-order valence-corrected chi connectivity index (χ2v) is 9.21. The molecule has 1 N–H and O–H groups in total. The van der Waals surface area contributed by atoms with Gasteiger partial charge in [0.2, 0.25) is 5.91 Å². The predicted octanol–water partition coefficient (Wildman–Crippen LogP) is 3.81. The zero-order valence-electron chi connectivity index (χ0n) is 16.4. The van der Waals surface area contributed by atoms with Crippen LogP contribution in [0, 0.1) is 17.8 Å². The number of aromatic nitrogens is 1. The van der Waals surface area contributed by atoms with Gasteiger partial charge in [-0.15, -0.1) is 11.3 Å². The Morgan fingerprint density at radius 3 is 2.82 bits per heavy atom. The van der Waals surface area contributed by atoms with Crippen LogP contribution in [0.1, 0.15) is 50.0 Å². The van der Waals surface area contributed by atoms with Crippen LogP contribution >= 0.6 is 11.3 Å². The maximum Gasteiger partial charge on any atom is 0.273 e. The summed E-state index contributed by atoms with van der Waals surface area (Å²) in [6.45, 7) is 5.73. The molecule has 1 aliphatic heterocycles. The molecule has 0 spiro atoms. The summed E-state index contributed by atoms with van der Waals surface area (Å²) in [5, 5.41) is 5.80. The molecule has 1 saturated heterocycles. The molecule has 150 valence electrons. The van der Waals surface area contributed by atoms with Gasteiger partial charge in [0.25, 0.3) is 5.91 Å². The summed E-state index contributed by atoms with van der Waals surface area (Å²) in [6, 6.07) is 2.01. The topological polar surface area (TPSA) is 75.4 Å². The quantitative estimate of drug-likeness (QED) is 0.799. The number of amides is 2. The van der Waals surface area contributed by atoms with Crippen LogP contribution in [0.25, 0.3) is 10.6 Å². The molecule has 3 heterocycles. The minimum absolute atomic E-state index is 0.0324. The van der Waals surface area contributed by atoms with Crippen molar-refractivity contribution in [3.63, 3.8) is 0 Å². The molecule has 2 atom stereocenters. The van der Waals surface area contributed by atoms with Gasteiger partial charge in [-0.2, -0.15) is 0 Å². The van der Waals surface area contributed by atoms with Gasteiger partial charge in [0.15, 0.2) is 0 Å². The van der Waals surface area contributed by atoms with E-state index in [0.717, 1.165) is 36.3 Å². The van der Waals surface area contributed by atoms with Crippen molar-refractivity contribution < 1.29 is 14.0 Å². The van der Waals surface area contributed by atoms with E-state index in [-0.39, 0.29) is 23.8 Å². The summed E-state index contributed by atoms with van der Waals surface area (Å²) in [4.78, 5) is 31.4. The van der Waals surface area contributed by atoms with Gasteiger partial charge in [-0.25, -0.2) is 4.98 Å². The number of thiazole rings is 1. The third-order valence-electron chi connectivity index (χ3n) is 5.65. The number of hydrogen-bond donors (Lipinski definition) is 1. The summed E-state index contributed by atoms with van der Waals surface area (Å²) in [6.07, 6.45) is 7.01. The first-order valence-electron chi connectivity index (χ1n) is 10.1. The van der Waals surface area contributed by atoms with Gasteiger partial charge in [-0.05, 0) is 43.6 Å². The average Bonchev–Trinajstić information content (AvgIpc) is 3.08. The molecule has 0 aromatic carbocycles. The van der Waals surface area contributed by atoms with Crippen molar-refractivity contribution >= 4 is 23.2 Å². The van der Waals surface area contributed by atoms with E-state index >= 15 is 0 Å². The lowest BCUT2D eigenvalue weighted by molar-refractivity contribution is -0.123. The molecule has 28 heavy (non-hydrogen) atoms. The zero-order valence-corrected chi connectivity index (χ0v) is 17.2. The van der Waals surface area contributed by atoms with Crippen molar-refractivity contribution in [1.82, 2.24) is 15.2 Å². The number of furan rings is 1. The Morgan fingerprint density at radius 2 is 2.14 bits per heavy atom. The fourth-order valence-electron chi connectivity index (χ4n) is 4.02. The lowest BCUT2D eigenvalue weighted by atomic mass is 10.0. The molecule has 2 aromatic rings. The smallest absolute Gasteiger partial charge is 0.273 e. The highest BCUT2D eigenvalue weighted by atomic mass is 32.1. The standard InChI is InChI=1S/C21H27N3O3S/c1-13(2)9-15-10-17(15)19(25)22-16-3-6-24(7-4-16)21(26)18-12-28-20(23-18)14-5-8-27-11-14/h5,8,11-13,15-17H,3-4,6-7,9-10H2,1-2H3,(H,22,25)/t15-,17-/m1/s1. The van der Waals surface area contributed by atoms with Crippen LogP contribution in [-0.2, 0) is 4.79 Å². The van der Waals surface area contributed by atoms with E-state index in [1.807, 2.05) is 11.0 Å². The number of rotatable bonds is 6. The van der Waals surface area contributed by atoms with E-state index in [9.17, 15) is 9.59 Å². The molecule has 6 nitrogen and oxygen atoms in total. The Labute approximate surface area is 169 Å². The molecular formula is C21H27N3O3S. The third kappa shape index (κ3) is 4.29. The Kier molecular flexibility index (Phi) is 5.53. The van der Waals surface area contributed by atoms with Gasteiger partial charge in [0.1, 0.15) is 17.0 Å². The van der Waals surface area contributed by atoms with E-state index in [0.29, 0.717) is 30.6 Å². The van der Waals surface area contributed by atoms with Gasteiger partial charge in [-0.3, -0.25) is 9.59 Å². The van der Waals surface area contributed by atoms with Crippen molar-refractivity contribution in [2.45, 2.75) is 45.6 Å². The second-order valence-electron chi connectivity index (χ2n) is 8.36. The largest absolute Gasteiger partial charge is 0.472 e. The maximum atomic E-state index is 12.7. The molecule has 2 aromatic heterocycles. The number of piperidine rings is 1. The summed E-state index contributed by atoms with van der Waals surface area (Å²) < 4.78 is 5.08. The summed E-state index contributed by atoms with van der Waals surface area (Å²) in [5.41, 5.74) is 1.37. The van der Waals surface area contributed by atoms with E-state index in [2.05, 4.69) is 24.1 Å². The summed E-state index contributed by atoms with van der Waals surface area (Å²) in [7, 11) is 0. The Morgan fingerprint density at radius 1 is 1.36 bits per heavy atom. The molecular weight excluding hydrogens is 374 g/mol. The molecule has 1 aliphatic carbocycles. The van der Waals surface area contributed by atoms with Crippen molar-refractivity contribution in [2.24, 2.45) is 17.8 Å². The van der Waals surface area contributed by atoms with Crippen molar-refractivity contribution in [3.8, 4) is 10.6 Å². The normalized spacial score (nSPS) is 22.5. The number of nitrogens with zero attached hydrogens (tertiary/aromatic N) is 2. The van der Waals surface area contributed by atoms with Gasteiger partial charge < -0.3 is 14.6 Å². The lowest BCUT2D eigenvalue weighted by Crippen LogP contribution is -2.47. The summed E-state index contributed by atoms with van der Waals surface area (Å²) in [5.74, 6) is 1.60. The van der Waals surface area contributed by atoms with Gasteiger partial charge >= 0.3 is 0 Å². The van der Waals surface area contributed by atoms with Crippen molar-refractivity contribution in [1.29, 1.82) is 0 Å². The average molecular weight is 402 g/mol. The van der Waals surface area contributed by atoms with Gasteiger partial charge in [0.05, 0.1) is 6.26 Å². The van der Waals surface area contributed by atoms with Crippen LogP contribution in [0.2, 0.25) is 0 Å². The van der Waals surface area contributed by atoms with Crippen LogP contribution in [0.5, 0.6) is 0 Å². The Balaban J connectivity index is 1.25. The first-order valence-corrected chi connectivity index (χ1v) is 11.0. The third-order valence-corrected chi connectivity index (χ3v) is 6.54. The minimum Gasteiger partial charge on any atom is -0.472 e. The van der Waals surface area contributed by atoms with Crippen LogP contribution < -0.4 is 5.32 Å². The zero-order chi connectivity index (χ0) is 19.7. The molecule has 0 bridgehead atoms. The molecule has 2 amide bonds. The van der Waals surface area contributed by atoms with Gasteiger partial charge in [0, 0.05) is 36.0 Å². The van der Waals surface area contributed by atoms with Gasteiger partial charge in [-0.1, -0.05) is 13.8 Å². The van der Waals surface area contributed by atoms with Crippen molar-refractivity contribution in [2.75, 3.05) is 13.1 Å². The summed E-state index contributed by atoms with van der Waals surface area (Å²) >= 11 is 1.45. The van der Waals surface area contributed by atoms with E-state index in [1.165, 1.54) is 11.3 Å². The fraction of sp³-hybridized carbons (Fsp3) is 0.571. The van der Waals surface area contributed by atoms with E-state index in [4.69, 9.17) is 4.42 Å². The Bertz CT molecular complexity index is 822. The van der Waals surface area contributed by atoms with E-state index in [1.54, 1.807) is 17.9 Å². The number of carbonyl (C=O) groups excluding carboxylic acids is 2. The van der Waals surface area contributed by atoms with Crippen LogP contribution in [0.15, 0.2) is 28.4 Å². The first-order chi connectivity index (χ1) is 13.5. The van der Waals surface area contributed by atoms with Crippen LogP contribution in [0.4, 0.5) is 0 Å². The highest BCUT2D eigenvalue weighted by Gasteiger charge is 2.43. The first kappa shape index (κ1) is 19.2. The molecule has 1 saturated carbocycles. The van der Waals surface area contributed by atoms with Crippen LogP contribution in [0.3, 0.4) is 0 Å². The maximum absolute atomic E-state index is 12.7. The molecule has 7 heteroatoms. The molecule has 0 radical (unpaired) electrons. The highest BCUT2D eigenvalue weighted by molar-refractivity contribution is 7.13. The number of carbonyl (C=O) groups is 2.